The maximum Gasteiger partial charge on any atom is 0.272 e. The minimum atomic E-state index is -0.188. The number of nitrogens with zero attached hydrogens (tertiary/aromatic N) is 1. The van der Waals surface area contributed by atoms with Gasteiger partial charge in [-0.2, -0.15) is 5.10 Å². The van der Waals surface area contributed by atoms with E-state index < -0.39 is 0 Å². The number of hydrogen-bond acceptors (Lipinski definition) is 3. The second kappa shape index (κ2) is 6.58. The smallest absolute Gasteiger partial charge is 0.272 e. The maximum atomic E-state index is 11.9. The van der Waals surface area contributed by atoms with E-state index in [0.717, 1.165) is 28.9 Å². The van der Waals surface area contributed by atoms with E-state index in [4.69, 9.17) is 12.2 Å². The summed E-state index contributed by atoms with van der Waals surface area (Å²) in [6.07, 6.45) is 0. The molecule has 0 atom stereocenters. The van der Waals surface area contributed by atoms with E-state index in [1.165, 1.54) is 0 Å². The van der Waals surface area contributed by atoms with Gasteiger partial charge in [0.05, 0.1) is 11.1 Å². The van der Waals surface area contributed by atoms with E-state index >= 15 is 0 Å². The first-order valence-electron chi connectivity index (χ1n) is 7.31. The predicted molar refractivity (Wildman–Crippen MR) is 97.7 cm³/mol. The van der Waals surface area contributed by atoms with Gasteiger partial charge in [0.2, 0.25) is 0 Å². The van der Waals surface area contributed by atoms with Crippen molar-refractivity contribution in [3.63, 3.8) is 0 Å². The summed E-state index contributed by atoms with van der Waals surface area (Å²) in [5.74, 6) is 0. The third-order valence-electron chi connectivity index (χ3n) is 3.43. The van der Waals surface area contributed by atoms with Gasteiger partial charge in [0, 0.05) is 23.2 Å². The number of thiocarbonyl (C=S) groups is 1. The second-order valence-electron chi connectivity index (χ2n) is 5.01. The summed E-state index contributed by atoms with van der Waals surface area (Å²) in [4.78, 5) is 11.9. The molecule has 23 heavy (non-hydrogen) atoms. The molecule has 3 aromatic rings. The van der Waals surface area contributed by atoms with Crippen molar-refractivity contribution in [2.75, 3.05) is 11.9 Å². The molecule has 0 aliphatic carbocycles. The van der Waals surface area contributed by atoms with E-state index in [9.17, 15) is 4.79 Å². The number of benzene rings is 2. The van der Waals surface area contributed by atoms with E-state index in [2.05, 4.69) is 20.8 Å². The lowest BCUT2D eigenvalue weighted by Crippen LogP contribution is -2.27. The van der Waals surface area contributed by atoms with Gasteiger partial charge in [-0.05, 0) is 37.3 Å². The summed E-state index contributed by atoms with van der Waals surface area (Å²) in [6, 6.07) is 15.2. The van der Waals surface area contributed by atoms with Gasteiger partial charge in [0.1, 0.15) is 0 Å². The third kappa shape index (κ3) is 3.22. The number of rotatable bonds is 3. The summed E-state index contributed by atoms with van der Waals surface area (Å²) in [7, 11) is 0. The average molecular weight is 324 g/mol. The van der Waals surface area contributed by atoms with Gasteiger partial charge < -0.3 is 10.6 Å². The quantitative estimate of drug-likeness (QED) is 0.646. The minimum Gasteiger partial charge on any atom is -0.363 e. The molecule has 3 N–H and O–H groups in total. The largest absolute Gasteiger partial charge is 0.363 e. The Hall–Kier alpha value is -2.73. The number of hydrogen-bond donors (Lipinski definition) is 3. The van der Waals surface area contributed by atoms with Crippen molar-refractivity contribution >= 4 is 33.8 Å². The number of aromatic nitrogens is 2. The molecule has 0 amide bonds. The zero-order valence-electron chi connectivity index (χ0n) is 12.6. The third-order valence-corrected chi connectivity index (χ3v) is 3.67. The molecule has 0 aliphatic rings. The fourth-order valence-electron chi connectivity index (χ4n) is 2.41. The molecule has 0 aliphatic heterocycles. The van der Waals surface area contributed by atoms with Gasteiger partial charge in [-0.15, -0.1) is 0 Å². The molecule has 0 saturated carbocycles. The number of nitrogens with one attached hydrogen (secondary N) is 3. The Balaban J connectivity index is 2.04. The molecule has 0 fully saturated rings. The van der Waals surface area contributed by atoms with Crippen molar-refractivity contribution in [1.82, 2.24) is 15.5 Å². The van der Waals surface area contributed by atoms with Crippen LogP contribution in [0, 0.1) is 0 Å². The molecule has 5 nitrogen and oxygen atoms in total. The summed E-state index contributed by atoms with van der Waals surface area (Å²) < 4.78 is 0. The van der Waals surface area contributed by atoms with Crippen LogP contribution in [0.15, 0.2) is 53.3 Å². The summed E-state index contributed by atoms with van der Waals surface area (Å²) in [6.45, 7) is 2.75. The molecule has 0 unspecified atom stereocenters. The number of aromatic amines is 1. The highest BCUT2D eigenvalue weighted by Crippen LogP contribution is 2.26. The van der Waals surface area contributed by atoms with Crippen LogP contribution in [0.25, 0.3) is 22.0 Å². The van der Waals surface area contributed by atoms with Crippen LogP contribution in [0.5, 0.6) is 0 Å². The first-order chi connectivity index (χ1) is 11.2. The molecular weight excluding hydrogens is 308 g/mol. The van der Waals surface area contributed by atoms with E-state index in [1.54, 1.807) is 6.07 Å². The molecule has 2 aromatic carbocycles. The van der Waals surface area contributed by atoms with Crippen LogP contribution in [0.3, 0.4) is 0 Å². The summed E-state index contributed by atoms with van der Waals surface area (Å²) in [5, 5.41) is 15.0. The topological polar surface area (TPSA) is 69.8 Å². The Morgan fingerprint density at radius 2 is 1.96 bits per heavy atom. The van der Waals surface area contributed by atoms with Crippen LogP contribution in [0.2, 0.25) is 0 Å². The van der Waals surface area contributed by atoms with Gasteiger partial charge in [0.25, 0.3) is 5.56 Å². The summed E-state index contributed by atoms with van der Waals surface area (Å²) in [5.41, 5.74) is 2.32. The van der Waals surface area contributed by atoms with Gasteiger partial charge in [0.15, 0.2) is 5.11 Å². The standard InChI is InChI=1S/C17H16N4OS/c1-2-18-17(23)19-12-7-5-6-11(10-12)15-13-8-3-4-9-14(13)16(22)21-20-15/h3-10H,2H2,1H3,(H,21,22)(H2,18,19,23). The van der Waals surface area contributed by atoms with Crippen LogP contribution in [0.1, 0.15) is 6.92 Å². The highest BCUT2D eigenvalue weighted by molar-refractivity contribution is 7.80. The fourth-order valence-corrected chi connectivity index (χ4v) is 2.68. The van der Waals surface area contributed by atoms with Gasteiger partial charge in [-0.3, -0.25) is 4.79 Å². The Morgan fingerprint density at radius 1 is 1.17 bits per heavy atom. The fraction of sp³-hybridized carbons (Fsp3) is 0.118. The van der Waals surface area contributed by atoms with Crippen LogP contribution in [0.4, 0.5) is 5.69 Å². The van der Waals surface area contributed by atoms with Gasteiger partial charge in [-0.25, -0.2) is 5.10 Å². The molecular formula is C17H16N4OS. The second-order valence-corrected chi connectivity index (χ2v) is 5.42. The van der Waals surface area contributed by atoms with Gasteiger partial charge in [-0.1, -0.05) is 30.3 Å². The molecule has 116 valence electrons. The Labute approximate surface area is 138 Å². The predicted octanol–water partition coefficient (Wildman–Crippen LogP) is 2.90. The van der Waals surface area contributed by atoms with Crippen molar-refractivity contribution in [3.8, 4) is 11.3 Å². The van der Waals surface area contributed by atoms with E-state index in [0.29, 0.717) is 10.5 Å². The van der Waals surface area contributed by atoms with Crippen LogP contribution < -0.4 is 16.2 Å². The SMILES string of the molecule is CCNC(=S)Nc1cccc(-c2n[nH]c(=O)c3ccccc23)c1. The van der Waals surface area contributed by atoms with Crippen LogP contribution >= 0.6 is 12.2 Å². The van der Waals surface area contributed by atoms with E-state index in [1.807, 2.05) is 49.4 Å². The maximum absolute atomic E-state index is 11.9. The molecule has 0 spiro atoms. The van der Waals surface area contributed by atoms with Crippen LogP contribution in [-0.4, -0.2) is 21.9 Å². The molecule has 6 heteroatoms. The molecule has 1 heterocycles. The summed E-state index contributed by atoms with van der Waals surface area (Å²) >= 11 is 5.20. The zero-order valence-corrected chi connectivity index (χ0v) is 13.4. The molecule has 0 radical (unpaired) electrons. The molecule has 1 aromatic heterocycles. The normalized spacial score (nSPS) is 10.5. The lowest BCUT2D eigenvalue weighted by molar-refractivity contribution is 0.979. The number of H-pyrrole nitrogens is 1. The van der Waals surface area contributed by atoms with E-state index in [-0.39, 0.29) is 5.56 Å². The lowest BCUT2D eigenvalue weighted by atomic mass is 10.0. The van der Waals surface area contributed by atoms with Crippen molar-refractivity contribution in [2.45, 2.75) is 6.92 Å². The van der Waals surface area contributed by atoms with Crippen molar-refractivity contribution in [2.24, 2.45) is 0 Å². The lowest BCUT2D eigenvalue weighted by Gasteiger charge is -2.10. The highest BCUT2D eigenvalue weighted by Gasteiger charge is 2.09. The first kappa shape index (κ1) is 15.2. The Morgan fingerprint density at radius 3 is 2.74 bits per heavy atom. The zero-order chi connectivity index (χ0) is 16.2. The monoisotopic (exact) mass is 324 g/mol. The van der Waals surface area contributed by atoms with Crippen molar-refractivity contribution in [3.05, 3.63) is 58.9 Å². The van der Waals surface area contributed by atoms with Crippen molar-refractivity contribution < 1.29 is 0 Å². The highest BCUT2D eigenvalue weighted by atomic mass is 32.1. The average Bonchev–Trinajstić information content (AvgIpc) is 2.56. The number of fused-ring (bicyclic) bond motifs is 1. The van der Waals surface area contributed by atoms with Gasteiger partial charge >= 0.3 is 0 Å². The minimum absolute atomic E-state index is 0.188. The Bertz CT molecular complexity index is 920. The molecule has 3 rings (SSSR count). The molecule has 0 saturated heterocycles. The first-order valence-corrected chi connectivity index (χ1v) is 7.72. The van der Waals surface area contributed by atoms with Crippen molar-refractivity contribution in [1.29, 1.82) is 0 Å². The molecule has 0 bridgehead atoms. The number of anilines is 1. The van der Waals surface area contributed by atoms with Crippen LogP contribution in [-0.2, 0) is 0 Å². The Kier molecular flexibility index (Phi) is 4.34.